The summed E-state index contributed by atoms with van der Waals surface area (Å²) in [6.45, 7) is 0. The molecule has 0 saturated heterocycles. The summed E-state index contributed by atoms with van der Waals surface area (Å²) in [5.41, 5.74) is -0.935. The summed E-state index contributed by atoms with van der Waals surface area (Å²) < 4.78 is 13.5. The molecular weight excluding hydrogens is 253 g/mol. The number of hydrogen-bond donors (Lipinski definition) is 1. The molecule has 1 saturated carbocycles. The van der Waals surface area contributed by atoms with Crippen molar-refractivity contribution in [2.75, 3.05) is 0 Å². The van der Waals surface area contributed by atoms with Gasteiger partial charge in [-0.25, -0.2) is 0 Å². The normalized spacial score (nSPS) is 17.3. The molecule has 0 bridgehead atoms. The Labute approximate surface area is 109 Å². The SMILES string of the molecule is O=C(O)C1(Cc2ccc([N+](=O)[O-])c(F)c2)CCCC1. The Morgan fingerprint density at radius 3 is 2.53 bits per heavy atom. The van der Waals surface area contributed by atoms with Crippen molar-refractivity contribution in [1.29, 1.82) is 0 Å². The molecule has 1 fully saturated rings. The lowest BCUT2D eigenvalue weighted by Gasteiger charge is -2.23. The number of carbonyl (C=O) groups is 1. The Hall–Kier alpha value is -1.98. The topological polar surface area (TPSA) is 80.4 Å². The van der Waals surface area contributed by atoms with Crippen molar-refractivity contribution < 1.29 is 19.2 Å². The van der Waals surface area contributed by atoms with Crippen LogP contribution in [0.1, 0.15) is 31.2 Å². The number of hydrogen-bond acceptors (Lipinski definition) is 3. The summed E-state index contributed by atoms with van der Waals surface area (Å²) in [4.78, 5) is 21.1. The van der Waals surface area contributed by atoms with E-state index in [2.05, 4.69) is 0 Å². The number of carboxylic acid groups (broad SMARTS) is 1. The first kappa shape index (κ1) is 13.5. The molecule has 0 amide bonds. The van der Waals surface area contributed by atoms with Gasteiger partial charge in [-0.05, 0) is 30.9 Å². The highest BCUT2D eigenvalue weighted by Crippen LogP contribution is 2.41. The number of benzene rings is 1. The maximum Gasteiger partial charge on any atom is 0.309 e. The maximum absolute atomic E-state index is 13.5. The Bertz CT molecular complexity index is 523. The molecule has 6 heteroatoms. The molecule has 1 N–H and O–H groups in total. The van der Waals surface area contributed by atoms with E-state index >= 15 is 0 Å². The zero-order valence-corrected chi connectivity index (χ0v) is 10.3. The third-order valence-corrected chi connectivity index (χ3v) is 3.77. The van der Waals surface area contributed by atoms with Crippen LogP contribution in [0.3, 0.4) is 0 Å². The lowest BCUT2D eigenvalue weighted by Crippen LogP contribution is -2.30. The highest BCUT2D eigenvalue weighted by atomic mass is 19.1. The summed E-state index contributed by atoms with van der Waals surface area (Å²) in [5.74, 6) is -1.79. The van der Waals surface area contributed by atoms with Gasteiger partial charge in [0.25, 0.3) is 0 Å². The fourth-order valence-corrected chi connectivity index (χ4v) is 2.72. The molecule has 1 aromatic carbocycles. The first-order valence-corrected chi connectivity index (χ1v) is 6.11. The largest absolute Gasteiger partial charge is 0.481 e. The lowest BCUT2D eigenvalue weighted by atomic mass is 9.80. The zero-order chi connectivity index (χ0) is 14.0. The van der Waals surface area contributed by atoms with E-state index in [1.54, 1.807) is 0 Å². The number of nitrogens with zero attached hydrogens (tertiary/aromatic N) is 1. The van der Waals surface area contributed by atoms with Crippen molar-refractivity contribution in [2.45, 2.75) is 32.1 Å². The standard InChI is InChI=1S/C13H14FNO4/c14-10-7-9(3-4-11(10)15(18)19)8-13(12(16)17)5-1-2-6-13/h3-4,7H,1-2,5-6,8H2,(H,16,17). The van der Waals surface area contributed by atoms with Crippen molar-refractivity contribution >= 4 is 11.7 Å². The summed E-state index contributed by atoms with van der Waals surface area (Å²) in [5, 5.41) is 19.9. The number of aliphatic carboxylic acids is 1. The van der Waals surface area contributed by atoms with Crippen LogP contribution in [0.15, 0.2) is 18.2 Å². The average Bonchev–Trinajstić information content (AvgIpc) is 2.78. The molecule has 5 nitrogen and oxygen atoms in total. The van der Waals surface area contributed by atoms with E-state index < -0.39 is 27.8 Å². The van der Waals surface area contributed by atoms with Crippen LogP contribution in [0.2, 0.25) is 0 Å². The van der Waals surface area contributed by atoms with Crippen LogP contribution in [0.5, 0.6) is 0 Å². The van der Waals surface area contributed by atoms with Crippen LogP contribution in [-0.2, 0) is 11.2 Å². The van der Waals surface area contributed by atoms with Gasteiger partial charge in [-0.1, -0.05) is 18.9 Å². The smallest absolute Gasteiger partial charge is 0.309 e. The van der Waals surface area contributed by atoms with Crippen molar-refractivity contribution in [3.63, 3.8) is 0 Å². The third kappa shape index (κ3) is 2.57. The van der Waals surface area contributed by atoms with Crippen LogP contribution in [-0.4, -0.2) is 16.0 Å². The van der Waals surface area contributed by atoms with Crippen LogP contribution >= 0.6 is 0 Å². The molecule has 0 aromatic heterocycles. The third-order valence-electron chi connectivity index (χ3n) is 3.77. The monoisotopic (exact) mass is 267 g/mol. The van der Waals surface area contributed by atoms with Crippen molar-refractivity contribution in [1.82, 2.24) is 0 Å². The molecule has 0 unspecified atom stereocenters. The van der Waals surface area contributed by atoms with Crippen molar-refractivity contribution in [2.24, 2.45) is 5.41 Å². The second kappa shape index (κ2) is 4.95. The van der Waals surface area contributed by atoms with Gasteiger partial charge in [-0.15, -0.1) is 0 Å². The summed E-state index contributed by atoms with van der Waals surface area (Å²) in [6, 6.07) is 3.60. The second-order valence-corrected chi connectivity index (χ2v) is 5.01. The molecule has 0 atom stereocenters. The zero-order valence-electron chi connectivity index (χ0n) is 10.3. The van der Waals surface area contributed by atoms with E-state index in [4.69, 9.17) is 0 Å². The summed E-state index contributed by atoms with van der Waals surface area (Å²) in [7, 11) is 0. The van der Waals surface area contributed by atoms with Gasteiger partial charge in [-0.3, -0.25) is 14.9 Å². The van der Waals surface area contributed by atoms with Crippen LogP contribution in [0, 0.1) is 21.3 Å². The number of nitro benzene ring substituents is 1. The number of rotatable bonds is 4. The van der Waals surface area contributed by atoms with Gasteiger partial charge in [0, 0.05) is 6.07 Å². The van der Waals surface area contributed by atoms with Gasteiger partial charge in [0.2, 0.25) is 5.82 Å². The van der Waals surface area contributed by atoms with Crippen LogP contribution < -0.4 is 0 Å². The Morgan fingerprint density at radius 2 is 2.05 bits per heavy atom. The molecular formula is C13H14FNO4. The molecule has 19 heavy (non-hydrogen) atoms. The Balaban J connectivity index is 2.26. The minimum Gasteiger partial charge on any atom is -0.481 e. The fourth-order valence-electron chi connectivity index (χ4n) is 2.72. The number of carboxylic acids is 1. The number of halogens is 1. The first-order valence-electron chi connectivity index (χ1n) is 6.11. The van der Waals surface area contributed by atoms with Gasteiger partial charge < -0.3 is 5.11 Å². The minimum absolute atomic E-state index is 0.219. The van der Waals surface area contributed by atoms with E-state index in [-0.39, 0.29) is 6.42 Å². The molecule has 1 aromatic rings. The molecule has 0 aliphatic heterocycles. The van der Waals surface area contributed by atoms with Gasteiger partial charge in [0.05, 0.1) is 10.3 Å². The molecule has 0 radical (unpaired) electrons. The van der Waals surface area contributed by atoms with Crippen LogP contribution in [0.25, 0.3) is 0 Å². The highest BCUT2D eigenvalue weighted by molar-refractivity contribution is 5.75. The van der Waals surface area contributed by atoms with Gasteiger partial charge in [0.1, 0.15) is 0 Å². The highest BCUT2D eigenvalue weighted by Gasteiger charge is 2.41. The van der Waals surface area contributed by atoms with E-state index in [1.165, 1.54) is 6.07 Å². The van der Waals surface area contributed by atoms with Gasteiger partial charge in [-0.2, -0.15) is 4.39 Å². The fraction of sp³-hybridized carbons (Fsp3) is 0.462. The second-order valence-electron chi connectivity index (χ2n) is 5.01. The molecule has 0 heterocycles. The Kier molecular flexibility index (Phi) is 3.50. The average molecular weight is 267 g/mol. The summed E-state index contributed by atoms with van der Waals surface area (Å²) >= 11 is 0. The van der Waals surface area contributed by atoms with E-state index in [1.807, 2.05) is 0 Å². The van der Waals surface area contributed by atoms with Gasteiger partial charge >= 0.3 is 11.7 Å². The number of nitro groups is 1. The predicted molar refractivity (Wildman–Crippen MR) is 65.3 cm³/mol. The maximum atomic E-state index is 13.5. The minimum atomic E-state index is -0.916. The molecule has 0 spiro atoms. The quantitative estimate of drug-likeness (QED) is 0.671. The van der Waals surface area contributed by atoms with Gasteiger partial charge in [0.15, 0.2) is 0 Å². The lowest BCUT2D eigenvalue weighted by molar-refractivity contribution is -0.387. The van der Waals surface area contributed by atoms with Crippen LogP contribution in [0.4, 0.5) is 10.1 Å². The van der Waals surface area contributed by atoms with Crippen molar-refractivity contribution in [3.8, 4) is 0 Å². The molecule has 1 aliphatic rings. The summed E-state index contributed by atoms with van der Waals surface area (Å²) in [6.07, 6.45) is 3.06. The first-order chi connectivity index (χ1) is 8.94. The predicted octanol–water partition coefficient (Wildman–Crippen LogP) is 2.92. The van der Waals surface area contributed by atoms with E-state index in [9.17, 15) is 24.4 Å². The molecule has 2 rings (SSSR count). The molecule has 1 aliphatic carbocycles. The van der Waals surface area contributed by atoms with Crippen molar-refractivity contribution in [3.05, 3.63) is 39.7 Å². The van der Waals surface area contributed by atoms with E-state index in [0.29, 0.717) is 18.4 Å². The Morgan fingerprint density at radius 1 is 1.42 bits per heavy atom. The molecule has 102 valence electrons. The van der Waals surface area contributed by atoms with E-state index in [0.717, 1.165) is 25.0 Å².